The quantitative estimate of drug-likeness (QED) is 0.586. The third kappa shape index (κ3) is 4.48. The topological polar surface area (TPSA) is 54.9 Å². The van der Waals surface area contributed by atoms with Gasteiger partial charge >= 0.3 is 0 Å². The molecule has 2 aromatic carbocycles. The van der Waals surface area contributed by atoms with Crippen molar-refractivity contribution < 1.29 is 9.47 Å². The Morgan fingerprint density at radius 2 is 1.96 bits per heavy atom. The number of rotatable bonds is 7. The molecule has 0 saturated heterocycles. The third-order valence-electron chi connectivity index (χ3n) is 4.63. The zero-order valence-electron chi connectivity index (χ0n) is 15.7. The summed E-state index contributed by atoms with van der Waals surface area (Å²) in [6.07, 6.45) is 1.23. The number of hydrogen-bond acceptors (Lipinski definition) is 3. The fraction of sp³-hybridized carbons (Fsp3) is 0.381. The fourth-order valence-electron chi connectivity index (χ4n) is 3.15. The van der Waals surface area contributed by atoms with E-state index >= 15 is 0 Å². The van der Waals surface area contributed by atoms with Gasteiger partial charge in [-0.15, -0.1) is 0 Å². The SMILES string of the molecule is CCOc1cc(NC(=NC)NCC2CC2c2ccccc2)ccc1OC. The molecule has 0 bridgehead atoms. The van der Waals surface area contributed by atoms with E-state index in [1.165, 1.54) is 12.0 Å². The van der Waals surface area contributed by atoms with Crippen LogP contribution in [0.1, 0.15) is 24.8 Å². The Labute approximate surface area is 155 Å². The van der Waals surface area contributed by atoms with Gasteiger partial charge in [-0.1, -0.05) is 30.3 Å². The van der Waals surface area contributed by atoms with Crippen molar-refractivity contribution in [3.05, 3.63) is 54.1 Å². The molecule has 1 aliphatic rings. The summed E-state index contributed by atoms with van der Waals surface area (Å²) < 4.78 is 11.0. The number of anilines is 1. The van der Waals surface area contributed by atoms with Crippen LogP contribution in [-0.4, -0.2) is 33.3 Å². The molecular weight excluding hydrogens is 326 g/mol. The van der Waals surface area contributed by atoms with Gasteiger partial charge in [0.05, 0.1) is 13.7 Å². The predicted molar refractivity (Wildman–Crippen MR) is 106 cm³/mol. The molecule has 3 rings (SSSR count). The second-order valence-electron chi connectivity index (χ2n) is 6.39. The lowest BCUT2D eigenvalue weighted by molar-refractivity contribution is 0.311. The van der Waals surface area contributed by atoms with Crippen LogP contribution in [-0.2, 0) is 0 Å². The van der Waals surface area contributed by atoms with Crippen LogP contribution in [0.2, 0.25) is 0 Å². The van der Waals surface area contributed by atoms with E-state index in [0.29, 0.717) is 18.4 Å². The first-order chi connectivity index (χ1) is 12.7. The number of nitrogens with zero attached hydrogens (tertiary/aromatic N) is 1. The molecule has 1 fully saturated rings. The molecule has 26 heavy (non-hydrogen) atoms. The van der Waals surface area contributed by atoms with Crippen molar-refractivity contribution in [1.29, 1.82) is 0 Å². The molecule has 5 nitrogen and oxygen atoms in total. The van der Waals surface area contributed by atoms with Crippen molar-refractivity contribution in [3.63, 3.8) is 0 Å². The van der Waals surface area contributed by atoms with Crippen molar-refractivity contribution >= 4 is 11.6 Å². The molecule has 1 aliphatic carbocycles. The summed E-state index contributed by atoms with van der Waals surface area (Å²) in [4.78, 5) is 4.32. The molecule has 1 saturated carbocycles. The average molecular weight is 353 g/mol. The summed E-state index contributed by atoms with van der Waals surface area (Å²) in [6, 6.07) is 16.5. The second kappa shape index (κ2) is 8.61. The van der Waals surface area contributed by atoms with Crippen LogP contribution in [0.3, 0.4) is 0 Å². The minimum absolute atomic E-state index is 0.593. The molecule has 0 aliphatic heterocycles. The van der Waals surface area contributed by atoms with Crippen LogP contribution < -0.4 is 20.1 Å². The Bertz CT molecular complexity index is 746. The van der Waals surface area contributed by atoms with Gasteiger partial charge in [0.25, 0.3) is 0 Å². The molecule has 0 spiro atoms. The number of nitrogens with one attached hydrogen (secondary N) is 2. The zero-order valence-corrected chi connectivity index (χ0v) is 15.7. The molecule has 2 unspecified atom stereocenters. The van der Waals surface area contributed by atoms with Crippen molar-refractivity contribution in [2.24, 2.45) is 10.9 Å². The van der Waals surface area contributed by atoms with Gasteiger partial charge < -0.3 is 20.1 Å². The minimum Gasteiger partial charge on any atom is -0.493 e. The first kappa shape index (κ1) is 18.1. The average Bonchev–Trinajstić information content (AvgIpc) is 3.46. The lowest BCUT2D eigenvalue weighted by atomic mass is 10.1. The van der Waals surface area contributed by atoms with E-state index in [1.54, 1.807) is 14.2 Å². The van der Waals surface area contributed by atoms with E-state index in [1.807, 2.05) is 25.1 Å². The van der Waals surface area contributed by atoms with Crippen LogP contribution in [0, 0.1) is 5.92 Å². The monoisotopic (exact) mass is 353 g/mol. The van der Waals surface area contributed by atoms with Gasteiger partial charge in [0.2, 0.25) is 0 Å². The van der Waals surface area contributed by atoms with Crippen LogP contribution in [0.5, 0.6) is 11.5 Å². The van der Waals surface area contributed by atoms with Crippen LogP contribution in [0.4, 0.5) is 5.69 Å². The molecule has 0 aromatic heterocycles. The number of benzene rings is 2. The highest BCUT2D eigenvalue weighted by Gasteiger charge is 2.37. The van der Waals surface area contributed by atoms with Gasteiger partial charge in [-0.05, 0) is 42.9 Å². The normalized spacial score (nSPS) is 19.0. The van der Waals surface area contributed by atoms with Gasteiger partial charge in [-0.3, -0.25) is 4.99 Å². The molecule has 0 heterocycles. The molecule has 2 N–H and O–H groups in total. The van der Waals surface area contributed by atoms with E-state index in [-0.39, 0.29) is 0 Å². The summed E-state index contributed by atoms with van der Waals surface area (Å²) in [5, 5.41) is 6.75. The Balaban J connectivity index is 1.55. The molecule has 2 aromatic rings. The largest absolute Gasteiger partial charge is 0.493 e. The minimum atomic E-state index is 0.593. The molecule has 0 amide bonds. The summed E-state index contributed by atoms with van der Waals surface area (Å²) in [7, 11) is 3.42. The number of aliphatic imine (C=N–C) groups is 1. The van der Waals surface area contributed by atoms with Crippen molar-refractivity contribution in [2.45, 2.75) is 19.3 Å². The van der Waals surface area contributed by atoms with Gasteiger partial charge in [-0.2, -0.15) is 0 Å². The predicted octanol–water partition coefficient (Wildman–Crippen LogP) is 3.88. The van der Waals surface area contributed by atoms with Crippen molar-refractivity contribution in [1.82, 2.24) is 5.32 Å². The van der Waals surface area contributed by atoms with E-state index in [2.05, 4.69) is 46.0 Å². The Kier molecular flexibility index (Phi) is 6.00. The maximum absolute atomic E-state index is 5.63. The Hall–Kier alpha value is -2.69. The van der Waals surface area contributed by atoms with E-state index in [9.17, 15) is 0 Å². The number of guanidine groups is 1. The number of ether oxygens (including phenoxy) is 2. The van der Waals surface area contributed by atoms with Crippen LogP contribution >= 0.6 is 0 Å². The zero-order chi connectivity index (χ0) is 18.4. The van der Waals surface area contributed by atoms with E-state index < -0.39 is 0 Å². The second-order valence-corrected chi connectivity index (χ2v) is 6.39. The number of methoxy groups -OCH3 is 1. The highest BCUT2D eigenvalue weighted by atomic mass is 16.5. The summed E-state index contributed by atoms with van der Waals surface area (Å²) in [5.74, 6) is 3.53. The first-order valence-corrected chi connectivity index (χ1v) is 9.08. The van der Waals surface area contributed by atoms with Gasteiger partial charge in [0.1, 0.15) is 0 Å². The smallest absolute Gasteiger partial charge is 0.195 e. The lowest BCUT2D eigenvalue weighted by Crippen LogP contribution is -2.32. The van der Waals surface area contributed by atoms with Crippen LogP contribution in [0.25, 0.3) is 0 Å². The summed E-state index contributed by atoms with van der Waals surface area (Å²) in [6.45, 7) is 3.46. The number of hydrogen-bond donors (Lipinski definition) is 2. The molecule has 2 atom stereocenters. The van der Waals surface area contributed by atoms with Gasteiger partial charge in [0.15, 0.2) is 17.5 Å². The highest BCUT2D eigenvalue weighted by Crippen LogP contribution is 2.46. The lowest BCUT2D eigenvalue weighted by Gasteiger charge is -2.14. The van der Waals surface area contributed by atoms with Crippen molar-refractivity contribution in [3.8, 4) is 11.5 Å². The van der Waals surface area contributed by atoms with Gasteiger partial charge in [0, 0.05) is 25.3 Å². The van der Waals surface area contributed by atoms with E-state index in [0.717, 1.165) is 29.7 Å². The Morgan fingerprint density at radius 1 is 1.15 bits per heavy atom. The summed E-state index contributed by atoms with van der Waals surface area (Å²) >= 11 is 0. The maximum Gasteiger partial charge on any atom is 0.195 e. The van der Waals surface area contributed by atoms with Crippen LogP contribution in [0.15, 0.2) is 53.5 Å². The van der Waals surface area contributed by atoms with Gasteiger partial charge in [-0.25, -0.2) is 0 Å². The standard InChI is InChI=1S/C21H27N3O2/c1-4-26-20-13-17(10-11-19(20)25-3)24-21(22-2)23-14-16-12-18(16)15-8-6-5-7-9-15/h5-11,13,16,18H,4,12,14H2,1-3H3,(H2,22,23,24). The molecule has 138 valence electrons. The highest BCUT2D eigenvalue weighted by molar-refractivity contribution is 5.93. The maximum atomic E-state index is 5.63. The molecule has 0 radical (unpaired) electrons. The molecular formula is C21H27N3O2. The Morgan fingerprint density at radius 3 is 2.65 bits per heavy atom. The molecule has 5 heteroatoms. The van der Waals surface area contributed by atoms with Crippen molar-refractivity contribution in [2.75, 3.05) is 32.6 Å². The fourth-order valence-corrected chi connectivity index (χ4v) is 3.15. The third-order valence-corrected chi connectivity index (χ3v) is 4.63. The first-order valence-electron chi connectivity index (χ1n) is 9.08. The summed E-state index contributed by atoms with van der Waals surface area (Å²) in [5.41, 5.74) is 2.34. The van der Waals surface area contributed by atoms with E-state index in [4.69, 9.17) is 9.47 Å².